The van der Waals surface area contributed by atoms with Crippen LogP contribution in [-0.2, 0) is 4.79 Å². The fraction of sp³-hybridized carbons (Fsp3) is 0.143. The van der Waals surface area contributed by atoms with Gasteiger partial charge in [0.2, 0.25) is 5.91 Å². The van der Waals surface area contributed by atoms with E-state index in [9.17, 15) is 4.79 Å². The monoisotopic (exact) mass is 384 g/mol. The van der Waals surface area contributed by atoms with Crippen molar-refractivity contribution in [3.8, 4) is 11.5 Å². The second kappa shape index (κ2) is 7.25. The third-order valence-electron chi connectivity index (χ3n) is 2.89. The number of nitrogens with one attached hydrogen (secondary N) is 1. The molecule has 0 aliphatic heterocycles. The maximum absolute atomic E-state index is 11.9. The summed E-state index contributed by atoms with van der Waals surface area (Å²) in [7, 11) is 0. The number of hydrogen-bond donors (Lipinski definition) is 1. The van der Waals surface area contributed by atoms with E-state index in [-0.39, 0.29) is 27.7 Å². The van der Waals surface area contributed by atoms with Crippen LogP contribution in [0.15, 0.2) is 38.6 Å². The van der Waals surface area contributed by atoms with Gasteiger partial charge in [-0.05, 0) is 19.1 Å². The first kappa shape index (κ1) is 16.8. The number of nitrogens with zero attached hydrogens (tertiary/aromatic N) is 3. The summed E-state index contributed by atoms with van der Waals surface area (Å²) in [5.41, 5.74) is 0.718. The fourth-order valence-electron chi connectivity index (χ4n) is 1.79. The van der Waals surface area contributed by atoms with Gasteiger partial charge in [-0.1, -0.05) is 35.0 Å². The van der Waals surface area contributed by atoms with Crippen LogP contribution in [0, 0.1) is 6.92 Å². The molecule has 3 rings (SSSR count). The molecular weight excluding hydrogens is 375 g/mol. The van der Waals surface area contributed by atoms with Crippen LogP contribution in [-0.4, -0.2) is 26.8 Å². The SMILES string of the molecule is Cc1occc1-c1nnc(SCC(=O)Nc2ncc(Cl)cc2Cl)o1. The van der Waals surface area contributed by atoms with Crippen molar-refractivity contribution in [2.75, 3.05) is 11.1 Å². The highest BCUT2D eigenvalue weighted by Crippen LogP contribution is 2.27. The summed E-state index contributed by atoms with van der Waals surface area (Å²) in [6.45, 7) is 1.79. The average Bonchev–Trinajstić information content (AvgIpc) is 3.16. The Morgan fingerprint density at radius 2 is 2.21 bits per heavy atom. The van der Waals surface area contributed by atoms with Crippen molar-refractivity contribution in [1.29, 1.82) is 0 Å². The molecule has 24 heavy (non-hydrogen) atoms. The van der Waals surface area contributed by atoms with Crippen molar-refractivity contribution >= 4 is 46.7 Å². The van der Waals surface area contributed by atoms with Crippen LogP contribution < -0.4 is 5.32 Å². The normalized spacial score (nSPS) is 10.8. The van der Waals surface area contributed by atoms with E-state index >= 15 is 0 Å². The van der Waals surface area contributed by atoms with Gasteiger partial charge in [0, 0.05) is 6.20 Å². The van der Waals surface area contributed by atoms with Gasteiger partial charge in [0.1, 0.15) is 5.76 Å². The number of rotatable bonds is 5. The summed E-state index contributed by atoms with van der Waals surface area (Å²) in [5, 5.41) is 11.3. The molecule has 0 aromatic carbocycles. The molecule has 3 aromatic rings. The molecule has 7 nitrogen and oxygen atoms in total. The summed E-state index contributed by atoms with van der Waals surface area (Å²) in [4.78, 5) is 15.9. The zero-order valence-corrected chi connectivity index (χ0v) is 14.6. The van der Waals surface area contributed by atoms with E-state index in [2.05, 4.69) is 20.5 Å². The first-order valence-electron chi connectivity index (χ1n) is 6.64. The third kappa shape index (κ3) is 3.89. The Morgan fingerprint density at radius 1 is 1.38 bits per heavy atom. The standard InChI is InChI=1S/C14H10Cl2N4O3S/c1-7-9(2-3-22-7)13-19-20-14(23-13)24-6-11(21)18-12-10(16)4-8(15)5-17-12/h2-5H,6H2,1H3,(H,17,18,21). The number of aromatic nitrogens is 3. The zero-order valence-electron chi connectivity index (χ0n) is 12.2. The van der Waals surface area contributed by atoms with Crippen LogP contribution in [0.5, 0.6) is 0 Å². The number of thioether (sulfide) groups is 1. The minimum Gasteiger partial charge on any atom is -0.469 e. The Balaban J connectivity index is 1.59. The molecule has 0 spiro atoms. The number of carbonyl (C=O) groups excluding carboxylic acids is 1. The number of amides is 1. The molecule has 0 aliphatic rings. The van der Waals surface area contributed by atoms with E-state index in [4.69, 9.17) is 32.0 Å². The van der Waals surface area contributed by atoms with E-state index in [0.29, 0.717) is 16.7 Å². The zero-order chi connectivity index (χ0) is 17.1. The lowest BCUT2D eigenvalue weighted by Crippen LogP contribution is -2.15. The van der Waals surface area contributed by atoms with Crippen LogP contribution in [0.1, 0.15) is 5.76 Å². The lowest BCUT2D eigenvalue weighted by molar-refractivity contribution is -0.113. The number of carbonyl (C=O) groups is 1. The second-order valence-electron chi connectivity index (χ2n) is 4.58. The lowest BCUT2D eigenvalue weighted by atomic mass is 10.3. The van der Waals surface area contributed by atoms with Gasteiger partial charge in [0.25, 0.3) is 11.1 Å². The average molecular weight is 385 g/mol. The predicted octanol–water partition coefficient (Wildman–Crippen LogP) is 4.07. The topological polar surface area (TPSA) is 94.0 Å². The highest BCUT2D eigenvalue weighted by atomic mass is 35.5. The van der Waals surface area contributed by atoms with Gasteiger partial charge in [-0.15, -0.1) is 10.2 Å². The maximum atomic E-state index is 11.9. The van der Waals surface area contributed by atoms with Crippen molar-refractivity contribution in [2.45, 2.75) is 12.1 Å². The number of halogens is 2. The molecule has 0 unspecified atom stereocenters. The Labute approximate surface area is 150 Å². The van der Waals surface area contributed by atoms with E-state index in [1.54, 1.807) is 13.0 Å². The van der Waals surface area contributed by atoms with Crippen molar-refractivity contribution in [3.63, 3.8) is 0 Å². The van der Waals surface area contributed by atoms with Crippen LogP contribution >= 0.6 is 35.0 Å². The smallest absolute Gasteiger partial charge is 0.277 e. The highest BCUT2D eigenvalue weighted by Gasteiger charge is 2.15. The summed E-state index contributed by atoms with van der Waals surface area (Å²) in [6.07, 6.45) is 2.94. The molecule has 0 saturated carbocycles. The van der Waals surface area contributed by atoms with Gasteiger partial charge >= 0.3 is 0 Å². The number of aryl methyl sites for hydroxylation is 1. The predicted molar refractivity (Wildman–Crippen MR) is 90.3 cm³/mol. The van der Waals surface area contributed by atoms with Crippen molar-refractivity contribution in [2.24, 2.45) is 0 Å². The first-order valence-corrected chi connectivity index (χ1v) is 8.39. The van der Waals surface area contributed by atoms with Gasteiger partial charge in [-0.25, -0.2) is 4.98 Å². The van der Waals surface area contributed by atoms with Gasteiger partial charge in [-0.3, -0.25) is 4.79 Å². The molecule has 124 valence electrons. The van der Waals surface area contributed by atoms with Gasteiger partial charge in [-0.2, -0.15) is 0 Å². The summed E-state index contributed by atoms with van der Waals surface area (Å²) in [6, 6.07) is 3.23. The minimum atomic E-state index is -0.309. The Bertz CT molecular complexity index is 881. The van der Waals surface area contributed by atoms with Crippen LogP contribution in [0.25, 0.3) is 11.5 Å². The van der Waals surface area contributed by atoms with Crippen molar-refractivity contribution in [3.05, 3.63) is 40.4 Å². The third-order valence-corrected chi connectivity index (χ3v) is 4.20. The second-order valence-corrected chi connectivity index (χ2v) is 6.35. The molecule has 10 heteroatoms. The first-order chi connectivity index (χ1) is 11.5. The molecule has 0 aliphatic carbocycles. The molecule has 0 bridgehead atoms. The summed E-state index contributed by atoms with van der Waals surface area (Å²) < 4.78 is 10.7. The number of hydrogen-bond acceptors (Lipinski definition) is 7. The van der Waals surface area contributed by atoms with E-state index in [0.717, 1.165) is 17.3 Å². The highest BCUT2D eigenvalue weighted by molar-refractivity contribution is 7.99. The summed E-state index contributed by atoms with van der Waals surface area (Å²) in [5.74, 6) is 1.01. The number of pyridine rings is 1. The van der Waals surface area contributed by atoms with Crippen LogP contribution in [0.3, 0.4) is 0 Å². The fourth-order valence-corrected chi connectivity index (χ4v) is 2.78. The summed E-state index contributed by atoms with van der Waals surface area (Å²) >= 11 is 12.8. The van der Waals surface area contributed by atoms with Crippen LogP contribution in [0.4, 0.5) is 5.82 Å². The lowest BCUT2D eigenvalue weighted by Gasteiger charge is -2.05. The molecule has 1 amide bonds. The molecule has 1 N–H and O–H groups in total. The van der Waals surface area contributed by atoms with E-state index < -0.39 is 0 Å². The molecule has 0 saturated heterocycles. The van der Waals surface area contributed by atoms with Crippen LogP contribution in [0.2, 0.25) is 10.0 Å². The molecular formula is C14H10Cl2N4O3S. The molecule has 3 heterocycles. The Kier molecular flexibility index (Phi) is 5.08. The molecule has 0 atom stereocenters. The van der Waals surface area contributed by atoms with E-state index in [1.165, 1.54) is 18.5 Å². The quantitative estimate of drug-likeness (QED) is 0.662. The van der Waals surface area contributed by atoms with Gasteiger partial charge < -0.3 is 14.2 Å². The van der Waals surface area contributed by atoms with Gasteiger partial charge in [0.05, 0.1) is 27.6 Å². The number of anilines is 1. The van der Waals surface area contributed by atoms with Crippen molar-refractivity contribution in [1.82, 2.24) is 15.2 Å². The largest absolute Gasteiger partial charge is 0.469 e. The Morgan fingerprint density at radius 3 is 2.92 bits per heavy atom. The number of furan rings is 1. The Hall–Kier alpha value is -2.03. The van der Waals surface area contributed by atoms with Gasteiger partial charge in [0.15, 0.2) is 5.82 Å². The van der Waals surface area contributed by atoms with Crippen molar-refractivity contribution < 1.29 is 13.6 Å². The molecule has 3 aromatic heterocycles. The molecule has 0 fully saturated rings. The minimum absolute atomic E-state index is 0.0621. The van der Waals surface area contributed by atoms with E-state index in [1.807, 2.05) is 0 Å². The molecule has 0 radical (unpaired) electrons. The maximum Gasteiger partial charge on any atom is 0.277 e.